The van der Waals surface area contributed by atoms with E-state index < -0.39 is 17.5 Å². The number of carbonyl (C=O) groups is 2. The molecule has 2 rings (SSSR count). The van der Waals surface area contributed by atoms with Crippen LogP contribution in [-0.2, 0) is 11.3 Å². The highest BCUT2D eigenvalue weighted by Crippen LogP contribution is 2.32. The molecule has 1 fully saturated rings. The van der Waals surface area contributed by atoms with Crippen LogP contribution in [0.2, 0.25) is 0 Å². The third kappa shape index (κ3) is 3.28. The Morgan fingerprint density at radius 1 is 1.60 bits per heavy atom. The molecule has 4 N–H and O–H groups in total. The molecule has 1 aromatic rings. The van der Waals surface area contributed by atoms with Gasteiger partial charge in [0.25, 0.3) is 0 Å². The first kappa shape index (κ1) is 14.4. The van der Waals surface area contributed by atoms with Crippen LogP contribution in [0.1, 0.15) is 38.3 Å². The largest absolute Gasteiger partial charge is 0.480 e. The summed E-state index contributed by atoms with van der Waals surface area (Å²) in [5.41, 5.74) is -0.378. The number of carboxylic acids is 1. The molecule has 0 bridgehead atoms. The van der Waals surface area contributed by atoms with Gasteiger partial charge in [-0.15, -0.1) is 0 Å². The zero-order valence-corrected chi connectivity index (χ0v) is 11.5. The molecule has 7 nitrogen and oxygen atoms in total. The van der Waals surface area contributed by atoms with E-state index in [1.165, 1.54) is 6.33 Å². The van der Waals surface area contributed by atoms with Gasteiger partial charge in [-0.2, -0.15) is 0 Å². The van der Waals surface area contributed by atoms with Crippen molar-refractivity contribution >= 4 is 12.0 Å². The molecule has 2 unspecified atom stereocenters. The first-order valence-corrected chi connectivity index (χ1v) is 6.78. The smallest absolute Gasteiger partial charge is 0.329 e. The van der Waals surface area contributed by atoms with Crippen molar-refractivity contribution in [1.29, 1.82) is 0 Å². The number of urea groups is 1. The van der Waals surface area contributed by atoms with Crippen molar-refractivity contribution in [3.63, 3.8) is 0 Å². The van der Waals surface area contributed by atoms with Crippen molar-refractivity contribution < 1.29 is 14.7 Å². The van der Waals surface area contributed by atoms with Crippen LogP contribution >= 0.6 is 0 Å². The number of aromatic amines is 1. The standard InChI is InChI=1S/C13H20N4O3/c1-9-3-2-4-13(5-9,11(18)19)17-12(20)15-7-10-6-14-8-16-10/h6,8-9H,2-5,7H2,1H3,(H,14,16)(H,18,19)(H2,15,17,20). The number of carboxylic acid groups (broad SMARTS) is 1. The van der Waals surface area contributed by atoms with Crippen molar-refractivity contribution in [1.82, 2.24) is 20.6 Å². The van der Waals surface area contributed by atoms with Crippen molar-refractivity contribution in [2.24, 2.45) is 5.92 Å². The van der Waals surface area contributed by atoms with Gasteiger partial charge in [0.05, 0.1) is 18.6 Å². The number of hydrogen-bond acceptors (Lipinski definition) is 3. The third-order valence-corrected chi connectivity index (χ3v) is 3.75. The fourth-order valence-corrected chi connectivity index (χ4v) is 2.73. The maximum Gasteiger partial charge on any atom is 0.329 e. The van der Waals surface area contributed by atoms with Gasteiger partial charge in [0, 0.05) is 6.20 Å². The molecule has 1 heterocycles. The number of rotatable bonds is 4. The van der Waals surface area contributed by atoms with Gasteiger partial charge in [0.2, 0.25) is 0 Å². The minimum atomic E-state index is -1.14. The molecule has 1 saturated carbocycles. The van der Waals surface area contributed by atoms with Crippen molar-refractivity contribution in [3.05, 3.63) is 18.2 Å². The average Bonchev–Trinajstić information content (AvgIpc) is 2.89. The summed E-state index contributed by atoms with van der Waals surface area (Å²) in [7, 11) is 0. The maximum atomic E-state index is 11.9. The molecule has 0 saturated heterocycles. The molecule has 1 aromatic heterocycles. The fourth-order valence-electron chi connectivity index (χ4n) is 2.73. The molecule has 2 amide bonds. The van der Waals surface area contributed by atoms with Gasteiger partial charge in [-0.05, 0) is 18.8 Å². The zero-order valence-electron chi connectivity index (χ0n) is 11.5. The van der Waals surface area contributed by atoms with Crippen LogP contribution in [-0.4, -0.2) is 32.6 Å². The van der Waals surface area contributed by atoms with Crippen LogP contribution in [0, 0.1) is 5.92 Å². The van der Waals surface area contributed by atoms with Gasteiger partial charge in [0.1, 0.15) is 5.54 Å². The zero-order chi connectivity index (χ0) is 14.6. The molecule has 20 heavy (non-hydrogen) atoms. The number of imidazole rings is 1. The number of H-pyrrole nitrogens is 1. The van der Waals surface area contributed by atoms with Crippen molar-refractivity contribution in [2.45, 2.75) is 44.7 Å². The van der Waals surface area contributed by atoms with Crippen molar-refractivity contribution in [3.8, 4) is 0 Å². The van der Waals surface area contributed by atoms with Gasteiger partial charge in [-0.3, -0.25) is 0 Å². The average molecular weight is 280 g/mol. The Hall–Kier alpha value is -2.05. The summed E-state index contributed by atoms with van der Waals surface area (Å²) < 4.78 is 0. The monoisotopic (exact) mass is 280 g/mol. The van der Waals surface area contributed by atoms with E-state index in [0.717, 1.165) is 18.5 Å². The van der Waals surface area contributed by atoms with E-state index in [2.05, 4.69) is 20.6 Å². The summed E-state index contributed by atoms with van der Waals surface area (Å²) in [5, 5.41) is 14.7. The quantitative estimate of drug-likeness (QED) is 0.665. The number of nitrogens with one attached hydrogen (secondary N) is 3. The normalized spacial score (nSPS) is 25.9. The van der Waals surface area contributed by atoms with Crippen LogP contribution in [0.4, 0.5) is 4.79 Å². The van der Waals surface area contributed by atoms with Crippen LogP contribution < -0.4 is 10.6 Å². The van der Waals surface area contributed by atoms with E-state index in [1.54, 1.807) is 6.20 Å². The summed E-state index contributed by atoms with van der Waals surface area (Å²) in [5.74, 6) is -0.659. The lowest BCUT2D eigenvalue weighted by Gasteiger charge is -2.36. The highest BCUT2D eigenvalue weighted by atomic mass is 16.4. The van der Waals surface area contributed by atoms with E-state index in [1.807, 2.05) is 6.92 Å². The minimum absolute atomic E-state index is 0.289. The Labute approximate surface area is 117 Å². The first-order valence-electron chi connectivity index (χ1n) is 6.78. The second-order valence-electron chi connectivity index (χ2n) is 5.47. The van der Waals surface area contributed by atoms with Crippen LogP contribution in [0.5, 0.6) is 0 Å². The highest BCUT2D eigenvalue weighted by Gasteiger charge is 2.43. The number of aromatic nitrogens is 2. The summed E-state index contributed by atoms with van der Waals surface area (Å²) in [6, 6.07) is -0.462. The predicted octanol–water partition coefficient (Wildman–Crippen LogP) is 1.24. The molecule has 0 aromatic carbocycles. The summed E-state index contributed by atoms with van der Waals surface area (Å²) >= 11 is 0. The van der Waals surface area contributed by atoms with Gasteiger partial charge < -0.3 is 20.7 Å². The maximum absolute atomic E-state index is 11.9. The molecule has 0 aliphatic heterocycles. The lowest BCUT2D eigenvalue weighted by molar-refractivity contribution is -0.146. The second-order valence-corrected chi connectivity index (χ2v) is 5.47. The van der Waals surface area contributed by atoms with Gasteiger partial charge in [-0.25, -0.2) is 14.6 Å². The Balaban J connectivity index is 1.94. The Morgan fingerprint density at radius 3 is 3.00 bits per heavy atom. The molecule has 0 radical (unpaired) electrons. The SMILES string of the molecule is CC1CCCC(NC(=O)NCc2cnc[nH]2)(C(=O)O)C1. The molecule has 1 aliphatic rings. The number of hydrogen-bond donors (Lipinski definition) is 4. The third-order valence-electron chi connectivity index (χ3n) is 3.75. The summed E-state index contributed by atoms with van der Waals surface area (Å²) in [6.45, 7) is 2.30. The van der Waals surface area contributed by atoms with E-state index in [-0.39, 0.29) is 6.54 Å². The fraction of sp³-hybridized carbons (Fsp3) is 0.615. The molecule has 2 atom stereocenters. The number of carbonyl (C=O) groups excluding carboxylic acids is 1. The number of amides is 2. The van der Waals surface area contributed by atoms with Gasteiger partial charge in [-0.1, -0.05) is 19.8 Å². The number of nitrogens with zero attached hydrogens (tertiary/aromatic N) is 1. The van der Waals surface area contributed by atoms with E-state index in [0.29, 0.717) is 18.8 Å². The topological polar surface area (TPSA) is 107 Å². The molecule has 7 heteroatoms. The second kappa shape index (κ2) is 5.94. The van der Waals surface area contributed by atoms with E-state index in [4.69, 9.17) is 0 Å². The van der Waals surface area contributed by atoms with Gasteiger partial charge in [0.15, 0.2) is 0 Å². The lowest BCUT2D eigenvalue weighted by atomic mass is 9.76. The van der Waals surface area contributed by atoms with E-state index in [9.17, 15) is 14.7 Å². The van der Waals surface area contributed by atoms with Crippen LogP contribution in [0.3, 0.4) is 0 Å². The van der Waals surface area contributed by atoms with E-state index >= 15 is 0 Å². The van der Waals surface area contributed by atoms with Gasteiger partial charge >= 0.3 is 12.0 Å². The molecule has 110 valence electrons. The van der Waals surface area contributed by atoms with Crippen molar-refractivity contribution in [2.75, 3.05) is 0 Å². The lowest BCUT2D eigenvalue weighted by Crippen LogP contribution is -2.59. The van der Waals surface area contributed by atoms with Crippen LogP contribution in [0.15, 0.2) is 12.5 Å². The minimum Gasteiger partial charge on any atom is -0.480 e. The molecular weight excluding hydrogens is 260 g/mol. The van der Waals surface area contributed by atoms with Crippen LogP contribution in [0.25, 0.3) is 0 Å². The Morgan fingerprint density at radius 2 is 2.40 bits per heavy atom. The predicted molar refractivity (Wildman–Crippen MR) is 72.0 cm³/mol. The number of aliphatic carboxylic acids is 1. The Kier molecular flexibility index (Phi) is 4.26. The molecular formula is C13H20N4O3. The summed E-state index contributed by atoms with van der Waals surface area (Å²) in [6.07, 6.45) is 5.90. The molecule has 1 aliphatic carbocycles. The highest BCUT2D eigenvalue weighted by molar-refractivity contribution is 5.86. The molecule has 0 spiro atoms. The first-order chi connectivity index (χ1) is 9.52. The Bertz CT molecular complexity index is 474. The summed E-state index contributed by atoms with van der Waals surface area (Å²) in [4.78, 5) is 30.1.